The number of alkyl halides is 5. The number of esters is 1. The third kappa shape index (κ3) is 7.23. The van der Waals surface area contributed by atoms with Crippen molar-refractivity contribution in [3.63, 3.8) is 0 Å². The van der Waals surface area contributed by atoms with E-state index in [-0.39, 0.29) is 46.7 Å². The van der Waals surface area contributed by atoms with Crippen LogP contribution in [0.4, 0.5) is 22.0 Å². The second kappa shape index (κ2) is 15.0. The molecule has 0 saturated carbocycles. The normalized spacial score (nSPS) is 16.8. The summed E-state index contributed by atoms with van der Waals surface area (Å²) >= 11 is 0. The standard InChI is InChI=1S/C42H39F5N4O5/c1-23-27(28-10-7-12-30(24(28)2)39-49-33-18-25(21-50-14-4-5-15-50)17-31(37(33)56-39)42(45,46)47)9-6-11-29(23)38-48-32-19-26(35(55-41(43)44)20-36(32)54-38)22-51-16-8-13-34(51)40(52)53-3/h6-7,9-12,17-20,34,41H,4-5,8,13-16,21-22H2,1-3H3/t34-/m0/s1. The molecule has 0 radical (unpaired) electrons. The number of carbonyl (C=O) groups is 1. The lowest BCUT2D eigenvalue weighted by Gasteiger charge is -2.23. The highest BCUT2D eigenvalue weighted by molar-refractivity contribution is 5.86. The third-order valence-electron chi connectivity index (χ3n) is 10.9. The third-order valence-corrected chi connectivity index (χ3v) is 10.9. The van der Waals surface area contributed by atoms with Crippen molar-refractivity contribution in [1.29, 1.82) is 0 Å². The van der Waals surface area contributed by atoms with Gasteiger partial charge in [0.2, 0.25) is 11.8 Å². The molecule has 2 aromatic heterocycles. The Balaban J connectivity index is 1.14. The molecule has 9 nitrogen and oxygen atoms in total. The van der Waals surface area contributed by atoms with Gasteiger partial charge in [-0.2, -0.15) is 22.0 Å². The van der Waals surface area contributed by atoms with Crippen molar-refractivity contribution in [2.24, 2.45) is 0 Å². The minimum Gasteiger partial charge on any atom is -0.468 e. The molecule has 14 heteroatoms. The second-order valence-corrected chi connectivity index (χ2v) is 14.4. The van der Waals surface area contributed by atoms with Crippen molar-refractivity contribution < 1.29 is 45.1 Å². The fraction of sp³-hybridized carbons (Fsp3) is 0.357. The van der Waals surface area contributed by atoms with Gasteiger partial charge in [-0.25, -0.2) is 9.97 Å². The van der Waals surface area contributed by atoms with Gasteiger partial charge in [-0.1, -0.05) is 24.3 Å². The van der Waals surface area contributed by atoms with Gasteiger partial charge in [0.15, 0.2) is 11.2 Å². The molecule has 56 heavy (non-hydrogen) atoms. The predicted octanol–water partition coefficient (Wildman–Crippen LogP) is 9.94. The summed E-state index contributed by atoms with van der Waals surface area (Å²) in [6, 6.07) is 16.5. The van der Waals surface area contributed by atoms with E-state index >= 15 is 0 Å². The SMILES string of the molecule is COC(=O)[C@@H]1CCCN1Cc1cc2nc(-c3cccc(-c4cccc(-c5nc6cc(CN7CCCC7)cc(C(F)(F)F)c6o5)c4C)c3C)oc2cc1OC(F)F. The summed E-state index contributed by atoms with van der Waals surface area (Å²) in [4.78, 5) is 25.7. The van der Waals surface area contributed by atoms with Gasteiger partial charge in [0, 0.05) is 35.8 Å². The maximum Gasteiger partial charge on any atom is 0.420 e. The largest absolute Gasteiger partial charge is 0.468 e. The Hall–Kier alpha value is -5.34. The molecule has 6 aromatic rings. The summed E-state index contributed by atoms with van der Waals surface area (Å²) in [5.41, 5.74) is 4.98. The molecule has 0 amide bonds. The van der Waals surface area contributed by atoms with E-state index in [1.54, 1.807) is 24.3 Å². The summed E-state index contributed by atoms with van der Waals surface area (Å²) in [7, 11) is 1.32. The van der Waals surface area contributed by atoms with E-state index in [9.17, 15) is 26.7 Å². The molecule has 0 aliphatic carbocycles. The first-order valence-electron chi connectivity index (χ1n) is 18.5. The first-order chi connectivity index (χ1) is 26.9. The highest BCUT2D eigenvalue weighted by atomic mass is 19.4. The zero-order chi connectivity index (χ0) is 39.3. The van der Waals surface area contributed by atoms with Crippen LogP contribution in [0.1, 0.15) is 53.5 Å². The van der Waals surface area contributed by atoms with E-state index < -0.39 is 24.4 Å². The Bertz CT molecular complexity index is 2430. The molecule has 2 aliphatic rings. The minimum atomic E-state index is -4.63. The van der Waals surface area contributed by atoms with Crippen LogP contribution in [-0.4, -0.2) is 65.1 Å². The summed E-state index contributed by atoms with van der Waals surface area (Å²) in [6.07, 6.45) is -1.23. The zero-order valence-corrected chi connectivity index (χ0v) is 31.0. The van der Waals surface area contributed by atoms with E-state index in [0.29, 0.717) is 47.3 Å². The maximum absolute atomic E-state index is 14.3. The quantitative estimate of drug-likeness (QED) is 0.0996. The van der Waals surface area contributed by atoms with Crippen LogP contribution in [0.15, 0.2) is 69.5 Å². The topological polar surface area (TPSA) is 94.1 Å². The minimum absolute atomic E-state index is 0.0759. The Kier molecular flexibility index (Phi) is 10.0. The average molecular weight is 775 g/mol. The van der Waals surface area contributed by atoms with E-state index in [0.717, 1.165) is 54.6 Å². The molecule has 4 aromatic carbocycles. The van der Waals surface area contributed by atoms with Gasteiger partial charge in [-0.3, -0.25) is 14.6 Å². The van der Waals surface area contributed by atoms with Gasteiger partial charge in [0.05, 0.1) is 7.11 Å². The Morgan fingerprint density at radius 3 is 2.12 bits per heavy atom. The van der Waals surface area contributed by atoms with E-state index in [2.05, 4.69) is 9.88 Å². The molecule has 2 fully saturated rings. The van der Waals surface area contributed by atoms with Crippen LogP contribution in [0.3, 0.4) is 0 Å². The van der Waals surface area contributed by atoms with Crippen LogP contribution < -0.4 is 4.74 Å². The van der Waals surface area contributed by atoms with Crippen molar-refractivity contribution in [3.8, 4) is 39.8 Å². The van der Waals surface area contributed by atoms with E-state index in [4.69, 9.17) is 23.3 Å². The van der Waals surface area contributed by atoms with Crippen molar-refractivity contribution in [2.45, 2.75) is 71.4 Å². The number of nitrogens with zero attached hydrogens (tertiary/aromatic N) is 4. The smallest absolute Gasteiger partial charge is 0.420 e. The van der Waals surface area contributed by atoms with E-state index in [1.165, 1.54) is 19.2 Å². The molecule has 0 bridgehead atoms. The van der Waals surface area contributed by atoms with Crippen LogP contribution in [0, 0.1) is 13.8 Å². The van der Waals surface area contributed by atoms with Crippen LogP contribution in [0.5, 0.6) is 5.75 Å². The average Bonchev–Trinajstić information content (AvgIpc) is 3.98. The highest BCUT2D eigenvalue weighted by Crippen LogP contribution is 2.41. The summed E-state index contributed by atoms with van der Waals surface area (Å²) < 4.78 is 92.1. The van der Waals surface area contributed by atoms with Gasteiger partial charge in [0.1, 0.15) is 28.4 Å². The molecule has 292 valence electrons. The number of benzene rings is 4. The van der Waals surface area contributed by atoms with Crippen LogP contribution in [0.25, 0.3) is 56.2 Å². The molecule has 1 atom stereocenters. The van der Waals surface area contributed by atoms with Crippen LogP contribution >= 0.6 is 0 Å². The second-order valence-electron chi connectivity index (χ2n) is 14.4. The fourth-order valence-electron chi connectivity index (χ4n) is 8.11. The number of aromatic nitrogens is 2. The first kappa shape index (κ1) is 37.6. The molecule has 0 unspecified atom stereocenters. The number of carbonyl (C=O) groups excluding carboxylic acids is 1. The number of fused-ring (bicyclic) bond motifs is 2. The van der Waals surface area contributed by atoms with Crippen molar-refractivity contribution in [3.05, 3.63) is 88.5 Å². The highest BCUT2D eigenvalue weighted by Gasteiger charge is 2.36. The maximum atomic E-state index is 14.3. The molecule has 2 saturated heterocycles. The number of hydrogen-bond donors (Lipinski definition) is 0. The number of oxazole rings is 2. The van der Waals surface area contributed by atoms with Crippen molar-refractivity contribution in [2.75, 3.05) is 26.7 Å². The zero-order valence-electron chi connectivity index (χ0n) is 31.0. The van der Waals surface area contributed by atoms with Gasteiger partial charge in [-0.15, -0.1) is 0 Å². The molecule has 4 heterocycles. The lowest BCUT2D eigenvalue weighted by Crippen LogP contribution is -2.36. The predicted molar refractivity (Wildman–Crippen MR) is 199 cm³/mol. The van der Waals surface area contributed by atoms with Gasteiger partial charge in [-0.05, 0) is 117 Å². The number of hydrogen-bond acceptors (Lipinski definition) is 9. The fourth-order valence-corrected chi connectivity index (χ4v) is 8.11. The van der Waals surface area contributed by atoms with Crippen molar-refractivity contribution >= 4 is 28.2 Å². The van der Waals surface area contributed by atoms with E-state index in [1.807, 2.05) is 43.0 Å². The molecule has 8 rings (SSSR count). The van der Waals surface area contributed by atoms with Gasteiger partial charge >= 0.3 is 18.8 Å². The van der Waals surface area contributed by atoms with Gasteiger partial charge < -0.3 is 18.3 Å². The lowest BCUT2D eigenvalue weighted by molar-refractivity contribution is -0.146. The van der Waals surface area contributed by atoms with Crippen LogP contribution in [0.2, 0.25) is 0 Å². The Labute approximate surface area is 319 Å². The number of halogens is 5. The number of methoxy groups -OCH3 is 1. The monoisotopic (exact) mass is 774 g/mol. The number of likely N-dealkylation sites (tertiary alicyclic amines) is 2. The molecular formula is C42H39F5N4O5. The lowest BCUT2D eigenvalue weighted by atomic mass is 9.91. The molecule has 2 aliphatic heterocycles. The van der Waals surface area contributed by atoms with Gasteiger partial charge in [0.25, 0.3) is 0 Å². The Morgan fingerprint density at radius 1 is 0.839 bits per heavy atom. The molecular weight excluding hydrogens is 735 g/mol. The van der Waals surface area contributed by atoms with Crippen molar-refractivity contribution in [1.82, 2.24) is 19.8 Å². The summed E-state index contributed by atoms with van der Waals surface area (Å²) in [5.74, 6) is -0.121. The number of ether oxygens (including phenoxy) is 2. The Morgan fingerprint density at radius 2 is 1.48 bits per heavy atom. The number of rotatable bonds is 10. The first-order valence-corrected chi connectivity index (χ1v) is 18.5. The molecule has 0 spiro atoms. The van der Waals surface area contributed by atoms with Crippen LogP contribution in [-0.2, 0) is 28.8 Å². The summed E-state index contributed by atoms with van der Waals surface area (Å²) in [6.45, 7) is 3.54. The summed E-state index contributed by atoms with van der Waals surface area (Å²) in [5, 5.41) is 0. The molecule has 0 N–H and O–H groups in total.